The maximum absolute atomic E-state index is 12.0. The van der Waals surface area contributed by atoms with Crippen LogP contribution in [0.4, 0.5) is 0 Å². The number of nitrogens with zero attached hydrogens (tertiary/aromatic N) is 1. The van der Waals surface area contributed by atoms with Crippen molar-refractivity contribution >= 4 is 17.3 Å². The summed E-state index contributed by atoms with van der Waals surface area (Å²) >= 11 is 1.55. The Kier molecular flexibility index (Phi) is 4.00. The van der Waals surface area contributed by atoms with E-state index in [2.05, 4.69) is 4.98 Å². The van der Waals surface area contributed by atoms with Gasteiger partial charge in [-0.15, -0.1) is 11.3 Å². The van der Waals surface area contributed by atoms with E-state index < -0.39 is 5.41 Å². The van der Waals surface area contributed by atoms with E-state index >= 15 is 0 Å². The molecule has 19 heavy (non-hydrogen) atoms. The minimum absolute atomic E-state index is 0.236. The molecule has 0 aliphatic carbocycles. The van der Waals surface area contributed by atoms with Gasteiger partial charge in [-0.2, -0.15) is 0 Å². The molecule has 1 aromatic carbocycles. The lowest BCUT2D eigenvalue weighted by atomic mass is 9.90. The van der Waals surface area contributed by atoms with Gasteiger partial charge in [-0.25, -0.2) is 4.98 Å². The summed E-state index contributed by atoms with van der Waals surface area (Å²) in [5.41, 5.74) is 1.12. The van der Waals surface area contributed by atoms with Gasteiger partial charge in [-0.3, -0.25) is 4.79 Å². The van der Waals surface area contributed by atoms with E-state index in [1.54, 1.807) is 11.3 Å². The van der Waals surface area contributed by atoms with Gasteiger partial charge in [0.25, 0.3) is 0 Å². The van der Waals surface area contributed by atoms with Crippen molar-refractivity contribution < 1.29 is 9.53 Å². The number of rotatable bonds is 4. The van der Waals surface area contributed by atoms with Gasteiger partial charge in [0.2, 0.25) is 0 Å². The zero-order valence-electron chi connectivity index (χ0n) is 11.3. The number of benzene rings is 1. The van der Waals surface area contributed by atoms with Gasteiger partial charge in [0.15, 0.2) is 0 Å². The van der Waals surface area contributed by atoms with Gasteiger partial charge in [0.1, 0.15) is 10.4 Å². The Bertz CT molecular complexity index is 561. The summed E-state index contributed by atoms with van der Waals surface area (Å²) in [4.78, 5) is 16.5. The van der Waals surface area contributed by atoms with Crippen LogP contribution in [0, 0.1) is 0 Å². The molecule has 1 heterocycles. The normalized spacial score (nSPS) is 11.3. The predicted molar refractivity (Wildman–Crippen MR) is 77.2 cm³/mol. The van der Waals surface area contributed by atoms with Gasteiger partial charge in [0.05, 0.1) is 12.3 Å². The highest BCUT2D eigenvalue weighted by Crippen LogP contribution is 2.30. The van der Waals surface area contributed by atoms with Gasteiger partial charge in [-0.05, 0) is 20.8 Å². The van der Waals surface area contributed by atoms with E-state index in [1.165, 1.54) is 0 Å². The molecule has 0 bridgehead atoms. The van der Waals surface area contributed by atoms with Crippen LogP contribution in [0.1, 0.15) is 26.5 Å². The second-order valence-corrected chi connectivity index (χ2v) is 5.61. The van der Waals surface area contributed by atoms with Crippen LogP contribution in [-0.2, 0) is 14.9 Å². The zero-order valence-corrected chi connectivity index (χ0v) is 12.2. The van der Waals surface area contributed by atoms with E-state index in [0.717, 1.165) is 16.3 Å². The number of hydrogen-bond donors (Lipinski definition) is 0. The van der Waals surface area contributed by atoms with Crippen LogP contribution in [0.15, 0.2) is 35.7 Å². The fourth-order valence-electron chi connectivity index (χ4n) is 1.69. The van der Waals surface area contributed by atoms with Crippen LogP contribution < -0.4 is 0 Å². The number of hydrogen-bond acceptors (Lipinski definition) is 4. The average molecular weight is 275 g/mol. The van der Waals surface area contributed by atoms with Crippen LogP contribution in [0.5, 0.6) is 0 Å². The Labute approximate surface area is 117 Å². The number of thiazole rings is 1. The van der Waals surface area contributed by atoms with Crippen molar-refractivity contribution in [1.82, 2.24) is 4.98 Å². The Hall–Kier alpha value is -1.68. The fourth-order valence-corrected chi connectivity index (χ4v) is 2.68. The second-order valence-electron chi connectivity index (χ2n) is 4.75. The van der Waals surface area contributed by atoms with Gasteiger partial charge in [-0.1, -0.05) is 30.3 Å². The lowest BCUT2D eigenvalue weighted by molar-refractivity contribution is -0.148. The number of esters is 1. The predicted octanol–water partition coefficient (Wildman–Crippen LogP) is 3.65. The van der Waals surface area contributed by atoms with Crippen LogP contribution >= 0.6 is 11.3 Å². The van der Waals surface area contributed by atoms with Crippen LogP contribution in [0.3, 0.4) is 0 Å². The number of carbonyl (C=O) groups is 1. The summed E-state index contributed by atoms with van der Waals surface area (Å²) in [6, 6.07) is 9.96. The minimum atomic E-state index is -0.709. The van der Waals surface area contributed by atoms with Gasteiger partial charge in [0, 0.05) is 10.9 Å². The van der Waals surface area contributed by atoms with Crippen molar-refractivity contribution in [3.05, 3.63) is 41.4 Å². The molecule has 0 spiro atoms. The van der Waals surface area contributed by atoms with Crippen LogP contribution in [0.25, 0.3) is 10.6 Å². The highest BCUT2D eigenvalue weighted by molar-refractivity contribution is 7.13. The maximum Gasteiger partial charge on any atom is 0.317 e. The maximum atomic E-state index is 12.0. The molecule has 0 amide bonds. The van der Waals surface area contributed by atoms with E-state index in [0.29, 0.717) is 6.61 Å². The minimum Gasteiger partial charge on any atom is -0.465 e. The lowest BCUT2D eigenvalue weighted by Gasteiger charge is -2.19. The first kappa shape index (κ1) is 13.7. The largest absolute Gasteiger partial charge is 0.465 e. The summed E-state index contributed by atoms with van der Waals surface area (Å²) in [5.74, 6) is -0.236. The molecule has 2 rings (SSSR count). The Morgan fingerprint density at radius 2 is 2.00 bits per heavy atom. The van der Waals surface area contributed by atoms with E-state index in [-0.39, 0.29) is 5.97 Å². The van der Waals surface area contributed by atoms with Gasteiger partial charge < -0.3 is 4.74 Å². The third-order valence-electron chi connectivity index (χ3n) is 2.95. The molecule has 0 radical (unpaired) electrons. The zero-order chi connectivity index (χ0) is 13.9. The lowest BCUT2D eigenvalue weighted by Crippen LogP contribution is -2.31. The van der Waals surface area contributed by atoms with Crippen molar-refractivity contribution in [1.29, 1.82) is 0 Å². The van der Waals surface area contributed by atoms with Crippen molar-refractivity contribution in [2.24, 2.45) is 0 Å². The number of ether oxygens (including phenoxy) is 1. The molecule has 100 valence electrons. The smallest absolute Gasteiger partial charge is 0.317 e. The molecule has 3 nitrogen and oxygen atoms in total. The Balaban J connectivity index is 2.28. The highest BCUT2D eigenvalue weighted by atomic mass is 32.1. The number of carbonyl (C=O) groups excluding carboxylic acids is 1. The van der Waals surface area contributed by atoms with Crippen molar-refractivity contribution in [2.45, 2.75) is 26.2 Å². The molecule has 0 unspecified atom stereocenters. The molecule has 1 aromatic heterocycles. The van der Waals surface area contributed by atoms with E-state index in [4.69, 9.17) is 4.74 Å². The molecule has 4 heteroatoms. The first-order valence-electron chi connectivity index (χ1n) is 6.24. The van der Waals surface area contributed by atoms with E-state index in [9.17, 15) is 4.79 Å². The molecule has 0 aliphatic rings. The molecule has 2 aromatic rings. The highest BCUT2D eigenvalue weighted by Gasteiger charge is 2.33. The first-order valence-corrected chi connectivity index (χ1v) is 7.12. The molecule has 0 aliphatic heterocycles. The van der Waals surface area contributed by atoms with E-state index in [1.807, 2.05) is 56.5 Å². The molecule has 0 saturated heterocycles. The van der Waals surface area contributed by atoms with Crippen LogP contribution in [-0.4, -0.2) is 17.6 Å². The number of aromatic nitrogens is 1. The summed E-state index contributed by atoms with van der Waals surface area (Å²) in [5, 5.41) is 2.85. The van der Waals surface area contributed by atoms with Crippen LogP contribution in [0.2, 0.25) is 0 Å². The summed E-state index contributed by atoms with van der Waals surface area (Å²) in [7, 11) is 0. The third-order valence-corrected chi connectivity index (χ3v) is 3.84. The summed E-state index contributed by atoms with van der Waals surface area (Å²) in [6.45, 7) is 5.88. The molecular weight excluding hydrogens is 258 g/mol. The third kappa shape index (κ3) is 2.84. The molecule has 0 saturated carbocycles. The topological polar surface area (TPSA) is 39.2 Å². The summed E-state index contributed by atoms with van der Waals surface area (Å²) < 4.78 is 5.10. The fraction of sp³-hybridized carbons (Fsp3) is 0.333. The first-order chi connectivity index (χ1) is 9.05. The summed E-state index contributed by atoms with van der Waals surface area (Å²) in [6.07, 6.45) is 0. The Morgan fingerprint density at radius 1 is 1.32 bits per heavy atom. The molecule has 0 atom stereocenters. The molecular formula is C15H17NO2S. The monoisotopic (exact) mass is 275 g/mol. The Morgan fingerprint density at radius 3 is 2.63 bits per heavy atom. The standard InChI is InChI=1S/C15H17NO2S/c1-4-18-14(17)15(2,3)12-10-19-13(16-12)11-8-6-5-7-9-11/h5-10H,4H2,1-3H3. The SMILES string of the molecule is CCOC(=O)C(C)(C)c1csc(-c2ccccc2)n1. The second kappa shape index (κ2) is 5.53. The van der Waals surface area contributed by atoms with Crippen molar-refractivity contribution in [2.75, 3.05) is 6.61 Å². The van der Waals surface area contributed by atoms with Crippen molar-refractivity contribution in [3.8, 4) is 10.6 Å². The van der Waals surface area contributed by atoms with Crippen molar-refractivity contribution in [3.63, 3.8) is 0 Å². The quantitative estimate of drug-likeness (QED) is 0.799. The average Bonchev–Trinajstić information content (AvgIpc) is 2.90. The molecule has 0 N–H and O–H groups in total. The molecule has 0 fully saturated rings. The van der Waals surface area contributed by atoms with Gasteiger partial charge >= 0.3 is 5.97 Å².